The second kappa shape index (κ2) is 10.0. The van der Waals surface area contributed by atoms with Gasteiger partial charge >= 0.3 is 0 Å². The van der Waals surface area contributed by atoms with Gasteiger partial charge in [-0.3, -0.25) is 4.79 Å². The lowest BCUT2D eigenvalue weighted by Gasteiger charge is -2.28. The highest BCUT2D eigenvalue weighted by Gasteiger charge is 2.21. The molecule has 1 aliphatic rings. The summed E-state index contributed by atoms with van der Waals surface area (Å²) in [5.41, 5.74) is 3.47. The molecular weight excluding hydrogens is 347 g/mol. The highest BCUT2D eigenvalue weighted by Crippen LogP contribution is 2.38. The third kappa shape index (κ3) is 5.10. The molecule has 2 heteroatoms. The van der Waals surface area contributed by atoms with E-state index in [0.717, 1.165) is 29.9 Å². The molecular formula is C26H33FO. The summed E-state index contributed by atoms with van der Waals surface area (Å²) < 4.78 is 14.5. The SMILES string of the molecule is CCCCC(=O)c1ccc(-c2ccc(C3CCC(CCC)CC3)cc2)cc1F. The molecule has 0 aliphatic heterocycles. The predicted molar refractivity (Wildman–Crippen MR) is 115 cm³/mol. The predicted octanol–water partition coefficient (Wildman–Crippen LogP) is 7.94. The molecule has 28 heavy (non-hydrogen) atoms. The molecule has 2 aromatic carbocycles. The average molecular weight is 381 g/mol. The lowest BCUT2D eigenvalue weighted by atomic mass is 9.77. The van der Waals surface area contributed by atoms with E-state index in [1.54, 1.807) is 6.07 Å². The van der Waals surface area contributed by atoms with Crippen molar-refractivity contribution in [2.45, 2.75) is 77.6 Å². The first-order chi connectivity index (χ1) is 13.6. The van der Waals surface area contributed by atoms with Crippen molar-refractivity contribution >= 4 is 5.78 Å². The lowest BCUT2D eigenvalue weighted by Crippen LogP contribution is -2.13. The van der Waals surface area contributed by atoms with E-state index < -0.39 is 5.82 Å². The summed E-state index contributed by atoms with van der Waals surface area (Å²) in [7, 11) is 0. The Morgan fingerprint density at radius 2 is 1.61 bits per heavy atom. The van der Waals surface area contributed by atoms with Gasteiger partial charge in [0.15, 0.2) is 5.78 Å². The molecule has 1 fully saturated rings. The number of carbonyl (C=O) groups is 1. The maximum atomic E-state index is 14.5. The van der Waals surface area contributed by atoms with E-state index in [9.17, 15) is 9.18 Å². The number of hydrogen-bond donors (Lipinski definition) is 0. The molecule has 1 aliphatic carbocycles. The number of Topliss-reactive ketones (excluding diaryl/α,β-unsaturated/α-hetero) is 1. The molecule has 1 nitrogen and oxygen atoms in total. The van der Waals surface area contributed by atoms with Crippen LogP contribution in [0.15, 0.2) is 42.5 Å². The molecule has 150 valence electrons. The number of benzene rings is 2. The Morgan fingerprint density at radius 3 is 2.21 bits per heavy atom. The van der Waals surface area contributed by atoms with Gasteiger partial charge in [0.25, 0.3) is 0 Å². The van der Waals surface area contributed by atoms with Crippen LogP contribution in [0.3, 0.4) is 0 Å². The number of halogens is 1. The van der Waals surface area contributed by atoms with Gasteiger partial charge in [0.05, 0.1) is 5.56 Å². The van der Waals surface area contributed by atoms with Crippen LogP contribution in [0.5, 0.6) is 0 Å². The minimum absolute atomic E-state index is 0.0973. The fraction of sp³-hybridized carbons (Fsp3) is 0.500. The van der Waals surface area contributed by atoms with E-state index in [0.29, 0.717) is 12.3 Å². The van der Waals surface area contributed by atoms with Gasteiger partial charge in [0.1, 0.15) is 5.82 Å². The van der Waals surface area contributed by atoms with E-state index in [1.165, 1.54) is 50.2 Å². The van der Waals surface area contributed by atoms with Crippen LogP contribution in [0.2, 0.25) is 0 Å². The van der Waals surface area contributed by atoms with Crippen molar-refractivity contribution in [2.24, 2.45) is 5.92 Å². The van der Waals surface area contributed by atoms with Gasteiger partial charge < -0.3 is 0 Å². The zero-order valence-electron chi connectivity index (χ0n) is 17.3. The van der Waals surface area contributed by atoms with Crippen molar-refractivity contribution in [3.8, 4) is 11.1 Å². The fourth-order valence-electron chi connectivity index (χ4n) is 4.53. The molecule has 2 aromatic rings. The van der Waals surface area contributed by atoms with E-state index >= 15 is 0 Å². The zero-order valence-corrected chi connectivity index (χ0v) is 17.3. The van der Waals surface area contributed by atoms with Gasteiger partial charge in [-0.25, -0.2) is 4.39 Å². The summed E-state index contributed by atoms with van der Waals surface area (Å²) in [6.07, 6.45) is 10.1. The van der Waals surface area contributed by atoms with Crippen molar-refractivity contribution in [2.75, 3.05) is 0 Å². The largest absolute Gasteiger partial charge is 0.294 e. The van der Waals surface area contributed by atoms with Gasteiger partial charge in [0.2, 0.25) is 0 Å². The Bertz CT molecular complexity index is 770. The topological polar surface area (TPSA) is 17.1 Å². The Hall–Kier alpha value is -1.96. The Balaban J connectivity index is 1.67. The van der Waals surface area contributed by atoms with Crippen LogP contribution in [0, 0.1) is 11.7 Å². The molecule has 3 rings (SSSR count). The molecule has 0 unspecified atom stereocenters. The second-order valence-electron chi connectivity index (χ2n) is 8.35. The lowest BCUT2D eigenvalue weighted by molar-refractivity contribution is 0.0976. The fourth-order valence-corrected chi connectivity index (χ4v) is 4.53. The molecule has 0 radical (unpaired) electrons. The minimum Gasteiger partial charge on any atom is -0.294 e. The quantitative estimate of drug-likeness (QED) is 0.425. The van der Waals surface area contributed by atoms with E-state index in [1.807, 2.05) is 13.0 Å². The second-order valence-corrected chi connectivity index (χ2v) is 8.35. The Labute approximate surface area is 169 Å². The summed E-state index contributed by atoms with van der Waals surface area (Å²) in [6, 6.07) is 13.6. The first kappa shape index (κ1) is 20.8. The third-order valence-corrected chi connectivity index (χ3v) is 6.29. The normalized spacial score (nSPS) is 19.5. The van der Waals surface area contributed by atoms with E-state index in [2.05, 4.69) is 31.2 Å². The van der Waals surface area contributed by atoms with Gasteiger partial charge in [-0.05, 0) is 72.8 Å². The third-order valence-electron chi connectivity index (χ3n) is 6.29. The van der Waals surface area contributed by atoms with E-state index in [4.69, 9.17) is 0 Å². The average Bonchev–Trinajstić information content (AvgIpc) is 2.73. The summed E-state index contributed by atoms with van der Waals surface area (Å²) in [5.74, 6) is 1.08. The van der Waals surface area contributed by atoms with E-state index in [-0.39, 0.29) is 11.3 Å². The standard InChI is InChI=1S/C26H33FO/c1-3-5-7-26(28)24-17-16-23(18-25(24)27)22-14-12-21(13-15-22)20-10-8-19(6-4-2)9-11-20/h12-20H,3-11H2,1-2H3. The number of hydrogen-bond acceptors (Lipinski definition) is 1. The number of unbranched alkanes of at least 4 members (excludes halogenated alkanes) is 1. The smallest absolute Gasteiger partial charge is 0.165 e. The number of rotatable bonds is 8. The summed E-state index contributed by atoms with van der Waals surface area (Å²) in [4.78, 5) is 12.1. The molecule has 0 N–H and O–H groups in total. The van der Waals surface area contributed by atoms with Gasteiger partial charge in [-0.2, -0.15) is 0 Å². The first-order valence-corrected chi connectivity index (χ1v) is 11.1. The van der Waals surface area contributed by atoms with Crippen LogP contribution < -0.4 is 0 Å². The highest BCUT2D eigenvalue weighted by molar-refractivity contribution is 5.96. The van der Waals surface area contributed by atoms with Crippen molar-refractivity contribution < 1.29 is 9.18 Å². The van der Waals surface area contributed by atoms with Crippen molar-refractivity contribution in [1.29, 1.82) is 0 Å². The Kier molecular flexibility index (Phi) is 7.42. The van der Waals surface area contributed by atoms with Gasteiger partial charge in [-0.1, -0.05) is 63.4 Å². The molecule has 0 atom stereocenters. The number of ketones is 1. The van der Waals surface area contributed by atoms with Crippen LogP contribution >= 0.6 is 0 Å². The maximum Gasteiger partial charge on any atom is 0.165 e. The molecule has 0 amide bonds. The maximum absolute atomic E-state index is 14.5. The molecule has 1 saturated carbocycles. The monoisotopic (exact) mass is 380 g/mol. The van der Waals surface area contributed by atoms with Gasteiger partial charge in [-0.15, -0.1) is 0 Å². The summed E-state index contributed by atoms with van der Waals surface area (Å²) >= 11 is 0. The highest BCUT2D eigenvalue weighted by atomic mass is 19.1. The molecule has 0 bridgehead atoms. The number of carbonyl (C=O) groups excluding carboxylic acids is 1. The molecule has 0 heterocycles. The molecule has 0 saturated heterocycles. The summed E-state index contributed by atoms with van der Waals surface area (Å²) in [6.45, 7) is 4.31. The van der Waals surface area contributed by atoms with Crippen molar-refractivity contribution in [3.63, 3.8) is 0 Å². The van der Waals surface area contributed by atoms with Crippen molar-refractivity contribution in [1.82, 2.24) is 0 Å². The Morgan fingerprint density at radius 1 is 0.929 bits per heavy atom. The minimum atomic E-state index is -0.406. The zero-order chi connectivity index (χ0) is 19.9. The van der Waals surface area contributed by atoms with Gasteiger partial charge in [0, 0.05) is 6.42 Å². The first-order valence-electron chi connectivity index (χ1n) is 11.1. The van der Waals surface area contributed by atoms with Crippen molar-refractivity contribution in [3.05, 3.63) is 59.4 Å². The molecule has 0 spiro atoms. The van der Waals surface area contributed by atoms with Crippen LogP contribution in [0.25, 0.3) is 11.1 Å². The molecule has 0 aromatic heterocycles. The van der Waals surface area contributed by atoms with Crippen LogP contribution in [-0.4, -0.2) is 5.78 Å². The van der Waals surface area contributed by atoms with Crippen LogP contribution in [0.4, 0.5) is 4.39 Å². The van der Waals surface area contributed by atoms with Crippen LogP contribution in [0.1, 0.15) is 93.5 Å². The summed E-state index contributed by atoms with van der Waals surface area (Å²) in [5, 5.41) is 0. The van der Waals surface area contributed by atoms with Crippen LogP contribution in [-0.2, 0) is 0 Å².